The van der Waals surface area contributed by atoms with Gasteiger partial charge in [-0.15, -0.1) is 0 Å². The molecule has 2 heterocycles. The lowest BCUT2D eigenvalue weighted by molar-refractivity contribution is -0.159. The van der Waals surface area contributed by atoms with Crippen LogP contribution in [0.5, 0.6) is 0 Å². The largest absolute Gasteiger partial charge is 0.486 e. The Kier molecular flexibility index (Phi) is 5.67. The summed E-state index contributed by atoms with van der Waals surface area (Å²) >= 11 is 0. The smallest absolute Gasteiger partial charge is 0.311 e. The number of para-hydroxylation sites is 1. The van der Waals surface area contributed by atoms with Gasteiger partial charge in [-0.25, -0.2) is 4.99 Å². The number of hydrogen-bond donors (Lipinski definition) is 1. The molecule has 29 heavy (non-hydrogen) atoms. The van der Waals surface area contributed by atoms with Crippen LogP contribution >= 0.6 is 0 Å². The molecule has 2 aliphatic heterocycles. The predicted octanol–water partition coefficient (Wildman–Crippen LogP) is 2.90. The fraction of sp³-hybridized carbons (Fsp3) is 0.652. The molecule has 6 atom stereocenters. The minimum atomic E-state index is -0.596. The zero-order chi connectivity index (χ0) is 20.6. The van der Waals surface area contributed by atoms with Crippen molar-refractivity contribution in [1.82, 2.24) is 4.90 Å². The van der Waals surface area contributed by atoms with Gasteiger partial charge in [0.1, 0.15) is 0 Å². The van der Waals surface area contributed by atoms with E-state index in [1.165, 1.54) is 19.1 Å². The van der Waals surface area contributed by atoms with Crippen molar-refractivity contribution in [2.45, 2.75) is 50.2 Å². The Labute approximate surface area is 172 Å². The number of carbonyl (C=O) groups excluding carboxylic acids is 1. The molecule has 6 nitrogen and oxygen atoms in total. The molecule has 6 heteroatoms. The average molecular weight is 401 g/mol. The molecule has 158 valence electrons. The molecule has 3 fully saturated rings. The number of benzene rings is 1. The van der Waals surface area contributed by atoms with Crippen LogP contribution in [0.3, 0.4) is 0 Å². The van der Waals surface area contributed by atoms with Crippen LogP contribution in [-0.4, -0.2) is 61.8 Å². The Balaban J connectivity index is 1.67. The van der Waals surface area contributed by atoms with Crippen LogP contribution in [0.15, 0.2) is 29.3 Å². The number of hydrogen-bond acceptors (Lipinski definition) is 6. The molecule has 1 aromatic rings. The van der Waals surface area contributed by atoms with E-state index >= 15 is 0 Å². The second-order valence-corrected chi connectivity index (χ2v) is 9.02. The second kappa shape index (κ2) is 8.07. The molecular formula is C23H32N2O4. The van der Waals surface area contributed by atoms with Crippen LogP contribution in [0.4, 0.5) is 5.69 Å². The number of esters is 1. The number of aliphatic hydroxyl groups excluding tert-OH is 1. The van der Waals surface area contributed by atoms with Gasteiger partial charge < -0.3 is 14.6 Å². The van der Waals surface area contributed by atoms with E-state index in [1.54, 1.807) is 7.11 Å². The predicted molar refractivity (Wildman–Crippen MR) is 111 cm³/mol. The van der Waals surface area contributed by atoms with E-state index < -0.39 is 12.0 Å². The monoisotopic (exact) mass is 400 g/mol. The second-order valence-electron chi connectivity index (χ2n) is 9.02. The van der Waals surface area contributed by atoms with E-state index in [0.717, 1.165) is 38.0 Å². The Morgan fingerprint density at radius 3 is 2.86 bits per heavy atom. The summed E-state index contributed by atoms with van der Waals surface area (Å²) in [6.07, 6.45) is 4.51. The summed E-state index contributed by atoms with van der Waals surface area (Å²) in [5, 5.41) is 10.6. The summed E-state index contributed by atoms with van der Waals surface area (Å²) in [5.74, 6) is -0.0553. The molecule has 4 rings (SSSR count). The highest BCUT2D eigenvalue weighted by molar-refractivity contribution is 5.73. The molecule has 0 amide bonds. The Hall–Kier alpha value is -1.92. The standard InChI is InChI=1S/C23H32N2O4/c1-23(17-6-4-5-7-18(17)24-14-28-2)10-11-25-13-15-8-9-19(26)21(22(27)29-3)16(15)12-20(23)25/h4-7,14-16,19-21,26H,8-13H2,1-3H3/b24-14+/t15-,16-,19-,20-,21+,23+/m0/s1. The van der Waals surface area contributed by atoms with Gasteiger partial charge in [-0.1, -0.05) is 25.1 Å². The van der Waals surface area contributed by atoms with E-state index in [2.05, 4.69) is 28.9 Å². The van der Waals surface area contributed by atoms with E-state index in [-0.39, 0.29) is 17.3 Å². The first-order chi connectivity index (χ1) is 14.0. The summed E-state index contributed by atoms with van der Waals surface area (Å²) in [6.45, 7) is 4.37. The highest BCUT2D eigenvalue weighted by Gasteiger charge is 2.54. The molecule has 0 bridgehead atoms. The van der Waals surface area contributed by atoms with E-state index in [1.807, 2.05) is 12.1 Å². The summed E-state index contributed by atoms with van der Waals surface area (Å²) in [7, 11) is 3.03. The van der Waals surface area contributed by atoms with Crippen molar-refractivity contribution < 1.29 is 19.4 Å². The number of methoxy groups -OCH3 is 2. The van der Waals surface area contributed by atoms with Crippen LogP contribution in [0, 0.1) is 17.8 Å². The van der Waals surface area contributed by atoms with E-state index in [4.69, 9.17) is 9.47 Å². The van der Waals surface area contributed by atoms with E-state index in [0.29, 0.717) is 18.4 Å². The third-order valence-corrected chi connectivity index (χ3v) is 7.66. The highest BCUT2D eigenvalue weighted by atomic mass is 16.5. The van der Waals surface area contributed by atoms with Gasteiger partial charge in [-0.2, -0.15) is 0 Å². The summed E-state index contributed by atoms with van der Waals surface area (Å²) < 4.78 is 10.1. The first-order valence-electron chi connectivity index (χ1n) is 10.6. The van der Waals surface area contributed by atoms with Gasteiger partial charge in [-0.05, 0) is 55.7 Å². The third-order valence-electron chi connectivity index (χ3n) is 7.66. The summed E-state index contributed by atoms with van der Waals surface area (Å²) in [6, 6.07) is 8.60. The van der Waals surface area contributed by atoms with Crippen molar-refractivity contribution in [1.29, 1.82) is 0 Å². The first kappa shape index (κ1) is 20.4. The number of aliphatic hydroxyl groups is 1. The van der Waals surface area contributed by atoms with Crippen LogP contribution in [-0.2, 0) is 19.7 Å². The van der Waals surface area contributed by atoms with Crippen LogP contribution in [0.25, 0.3) is 0 Å². The van der Waals surface area contributed by atoms with Gasteiger partial charge in [0.05, 0.1) is 31.9 Å². The third kappa shape index (κ3) is 3.46. The number of piperidine rings is 1. The fourth-order valence-corrected chi connectivity index (χ4v) is 6.17. The normalized spacial score (nSPS) is 37.2. The number of rotatable bonds is 4. The topological polar surface area (TPSA) is 71.4 Å². The minimum absolute atomic E-state index is 0.0598. The van der Waals surface area contributed by atoms with Gasteiger partial charge in [0.15, 0.2) is 6.40 Å². The molecule has 0 unspecified atom stereocenters. The maximum Gasteiger partial charge on any atom is 0.311 e. The molecule has 3 aliphatic rings. The number of aliphatic imine (C=N–C) groups is 1. The Morgan fingerprint density at radius 2 is 2.10 bits per heavy atom. The number of ether oxygens (including phenoxy) is 2. The maximum atomic E-state index is 12.5. The molecular weight excluding hydrogens is 368 g/mol. The lowest BCUT2D eigenvalue weighted by atomic mass is 9.62. The lowest BCUT2D eigenvalue weighted by Crippen LogP contribution is -2.55. The molecule has 1 saturated carbocycles. The van der Waals surface area contributed by atoms with Gasteiger partial charge in [0, 0.05) is 18.0 Å². The minimum Gasteiger partial charge on any atom is -0.486 e. The lowest BCUT2D eigenvalue weighted by Gasteiger charge is -2.50. The molecule has 1 N–H and O–H groups in total. The zero-order valence-corrected chi connectivity index (χ0v) is 17.6. The highest BCUT2D eigenvalue weighted by Crippen LogP contribution is 2.52. The molecule has 1 aromatic carbocycles. The quantitative estimate of drug-likeness (QED) is 0.478. The molecule has 1 aliphatic carbocycles. The van der Waals surface area contributed by atoms with E-state index in [9.17, 15) is 9.90 Å². The first-order valence-corrected chi connectivity index (χ1v) is 10.6. The number of carbonyl (C=O) groups is 1. The van der Waals surface area contributed by atoms with Gasteiger partial charge in [0.25, 0.3) is 0 Å². The van der Waals surface area contributed by atoms with Crippen molar-refractivity contribution in [3.05, 3.63) is 29.8 Å². The number of nitrogens with zero attached hydrogens (tertiary/aromatic N) is 2. The van der Waals surface area contributed by atoms with Crippen molar-refractivity contribution >= 4 is 18.1 Å². The van der Waals surface area contributed by atoms with Crippen molar-refractivity contribution in [3.63, 3.8) is 0 Å². The molecule has 0 radical (unpaired) electrons. The Morgan fingerprint density at radius 1 is 1.31 bits per heavy atom. The van der Waals surface area contributed by atoms with Crippen molar-refractivity contribution in [3.8, 4) is 0 Å². The molecule has 2 saturated heterocycles. The molecule has 0 aromatic heterocycles. The van der Waals surface area contributed by atoms with Crippen LogP contribution < -0.4 is 0 Å². The molecule has 0 spiro atoms. The Bertz CT molecular complexity index is 782. The average Bonchev–Trinajstić information content (AvgIpc) is 3.07. The van der Waals surface area contributed by atoms with Gasteiger partial charge >= 0.3 is 5.97 Å². The van der Waals surface area contributed by atoms with Crippen LogP contribution in [0.2, 0.25) is 0 Å². The van der Waals surface area contributed by atoms with Crippen molar-refractivity contribution in [2.75, 3.05) is 27.3 Å². The van der Waals surface area contributed by atoms with Gasteiger partial charge in [0.2, 0.25) is 0 Å². The van der Waals surface area contributed by atoms with Crippen molar-refractivity contribution in [2.24, 2.45) is 22.7 Å². The zero-order valence-electron chi connectivity index (χ0n) is 17.6. The SMILES string of the molecule is CO/C=N/c1ccccc1[C@@]1(C)CCN2C[C@@H]3CC[C@H](O)[C@H](C(=O)OC)[C@H]3C[C@H]21. The van der Waals surface area contributed by atoms with Gasteiger partial charge in [-0.3, -0.25) is 9.69 Å². The summed E-state index contributed by atoms with van der Waals surface area (Å²) in [5.41, 5.74) is 2.11. The van der Waals surface area contributed by atoms with Crippen LogP contribution in [0.1, 0.15) is 38.2 Å². The maximum absolute atomic E-state index is 12.5. The number of fused-ring (bicyclic) bond motifs is 2. The fourth-order valence-electron chi connectivity index (χ4n) is 6.17. The summed E-state index contributed by atoms with van der Waals surface area (Å²) in [4.78, 5) is 19.6.